The molecule has 1 heteroatoms. The van der Waals surface area contributed by atoms with E-state index in [0.29, 0.717) is 29.5 Å². The molecule has 3 rings (SSSR count). The molecule has 0 aromatic carbocycles. The topological polar surface area (TPSA) is 17.1 Å². The summed E-state index contributed by atoms with van der Waals surface area (Å²) in [7, 11) is 0. The van der Waals surface area contributed by atoms with Gasteiger partial charge in [0.2, 0.25) is 0 Å². The summed E-state index contributed by atoms with van der Waals surface area (Å²) in [5.74, 6) is 2.69. The molecular formula is C11H12O. The number of rotatable bonds is 0. The van der Waals surface area contributed by atoms with Crippen molar-refractivity contribution in [3.63, 3.8) is 0 Å². The molecule has 1 saturated carbocycles. The summed E-state index contributed by atoms with van der Waals surface area (Å²) in [4.78, 5) is 11.5. The molecule has 1 fully saturated rings. The number of carbonyl (C=O) groups excluding carboxylic acids is 1. The lowest BCUT2D eigenvalue weighted by Gasteiger charge is -2.14. The van der Waals surface area contributed by atoms with Crippen LogP contribution in [0, 0.1) is 23.7 Å². The fourth-order valence-corrected chi connectivity index (χ4v) is 3.12. The maximum absolute atomic E-state index is 11.5. The molecule has 0 bridgehead atoms. The first-order valence-electron chi connectivity index (χ1n) is 4.75. The van der Waals surface area contributed by atoms with Gasteiger partial charge in [-0.3, -0.25) is 4.79 Å². The second-order valence-electron chi connectivity index (χ2n) is 4.18. The van der Waals surface area contributed by atoms with Crippen LogP contribution in [0.15, 0.2) is 24.3 Å². The van der Waals surface area contributed by atoms with Crippen LogP contribution in [0.5, 0.6) is 0 Å². The van der Waals surface area contributed by atoms with E-state index < -0.39 is 0 Å². The summed E-state index contributed by atoms with van der Waals surface area (Å²) in [6.45, 7) is 0. The number of hydrogen-bond donors (Lipinski definition) is 0. The van der Waals surface area contributed by atoms with Crippen LogP contribution in [0.1, 0.15) is 12.8 Å². The summed E-state index contributed by atoms with van der Waals surface area (Å²) in [5.41, 5.74) is 0. The van der Waals surface area contributed by atoms with Gasteiger partial charge in [-0.2, -0.15) is 0 Å². The molecule has 0 aromatic heterocycles. The zero-order valence-corrected chi connectivity index (χ0v) is 6.94. The van der Waals surface area contributed by atoms with Crippen LogP contribution < -0.4 is 0 Å². The molecule has 0 aliphatic heterocycles. The van der Waals surface area contributed by atoms with E-state index in [1.165, 1.54) is 6.42 Å². The van der Waals surface area contributed by atoms with Gasteiger partial charge in [-0.25, -0.2) is 0 Å². The van der Waals surface area contributed by atoms with Crippen molar-refractivity contribution in [3.8, 4) is 0 Å². The highest BCUT2D eigenvalue weighted by Gasteiger charge is 2.47. The molecule has 0 amide bonds. The fourth-order valence-electron chi connectivity index (χ4n) is 3.12. The van der Waals surface area contributed by atoms with E-state index in [4.69, 9.17) is 0 Å². The predicted octanol–water partition coefficient (Wildman–Crippen LogP) is 1.95. The maximum Gasteiger partial charge on any atom is 0.159 e. The average Bonchev–Trinajstić information content (AvgIpc) is 2.61. The smallest absolute Gasteiger partial charge is 0.159 e. The molecule has 0 aromatic rings. The number of fused-ring (bicyclic) bond motifs is 3. The van der Waals surface area contributed by atoms with Gasteiger partial charge in [0, 0.05) is 5.92 Å². The van der Waals surface area contributed by atoms with Crippen LogP contribution in [0.3, 0.4) is 0 Å². The van der Waals surface area contributed by atoms with Crippen molar-refractivity contribution in [1.29, 1.82) is 0 Å². The van der Waals surface area contributed by atoms with E-state index in [1.54, 1.807) is 6.08 Å². The fraction of sp³-hybridized carbons (Fsp3) is 0.545. The van der Waals surface area contributed by atoms with Gasteiger partial charge < -0.3 is 0 Å². The monoisotopic (exact) mass is 160 g/mol. The largest absolute Gasteiger partial charge is 0.295 e. The van der Waals surface area contributed by atoms with E-state index in [0.717, 1.165) is 6.42 Å². The Hall–Kier alpha value is -0.850. The van der Waals surface area contributed by atoms with Crippen LogP contribution in [0.2, 0.25) is 0 Å². The minimum Gasteiger partial charge on any atom is -0.295 e. The minimum atomic E-state index is 0.352. The molecule has 4 atom stereocenters. The maximum atomic E-state index is 11.5. The first kappa shape index (κ1) is 6.64. The molecule has 0 N–H and O–H groups in total. The molecule has 12 heavy (non-hydrogen) atoms. The third-order valence-electron chi connectivity index (χ3n) is 3.64. The molecule has 1 nitrogen and oxygen atoms in total. The second kappa shape index (κ2) is 2.09. The molecular weight excluding hydrogens is 148 g/mol. The predicted molar refractivity (Wildman–Crippen MR) is 46.5 cm³/mol. The second-order valence-corrected chi connectivity index (χ2v) is 4.18. The highest BCUT2D eigenvalue weighted by Crippen LogP contribution is 2.50. The normalized spacial score (nSPS) is 48.5. The van der Waals surface area contributed by atoms with Gasteiger partial charge in [0.25, 0.3) is 0 Å². The van der Waals surface area contributed by atoms with E-state index in [-0.39, 0.29) is 0 Å². The number of carbonyl (C=O) groups is 1. The Morgan fingerprint density at radius 2 is 2.17 bits per heavy atom. The van der Waals surface area contributed by atoms with Crippen molar-refractivity contribution < 1.29 is 4.79 Å². The zero-order valence-electron chi connectivity index (χ0n) is 6.94. The Labute approximate surface area is 72.2 Å². The van der Waals surface area contributed by atoms with Crippen molar-refractivity contribution in [2.45, 2.75) is 12.8 Å². The molecule has 0 saturated heterocycles. The van der Waals surface area contributed by atoms with E-state index in [1.807, 2.05) is 0 Å². The Balaban J connectivity index is 1.96. The molecule has 0 heterocycles. The lowest BCUT2D eigenvalue weighted by Crippen LogP contribution is -2.18. The quantitative estimate of drug-likeness (QED) is 0.495. The first-order valence-corrected chi connectivity index (χ1v) is 4.75. The van der Waals surface area contributed by atoms with Gasteiger partial charge in [0.1, 0.15) is 0 Å². The van der Waals surface area contributed by atoms with Crippen LogP contribution in [-0.4, -0.2) is 5.78 Å². The van der Waals surface area contributed by atoms with Gasteiger partial charge in [0.15, 0.2) is 5.78 Å². The summed E-state index contributed by atoms with van der Waals surface area (Å²) in [6.07, 6.45) is 10.8. The highest BCUT2D eigenvalue weighted by atomic mass is 16.1. The number of allylic oxidation sites excluding steroid dienone is 4. The van der Waals surface area contributed by atoms with Crippen molar-refractivity contribution in [2.24, 2.45) is 23.7 Å². The average molecular weight is 160 g/mol. The third kappa shape index (κ3) is 0.669. The summed E-state index contributed by atoms with van der Waals surface area (Å²) >= 11 is 0. The molecule has 3 aliphatic carbocycles. The van der Waals surface area contributed by atoms with E-state index >= 15 is 0 Å². The van der Waals surface area contributed by atoms with Crippen molar-refractivity contribution in [3.05, 3.63) is 24.3 Å². The van der Waals surface area contributed by atoms with Gasteiger partial charge in [-0.15, -0.1) is 0 Å². The summed E-state index contributed by atoms with van der Waals surface area (Å²) in [5, 5.41) is 0. The van der Waals surface area contributed by atoms with Gasteiger partial charge in [0.05, 0.1) is 0 Å². The zero-order chi connectivity index (χ0) is 8.13. The Bertz CT molecular complexity index is 287. The van der Waals surface area contributed by atoms with Crippen molar-refractivity contribution >= 4 is 5.78 Å². The lowest BCUT2D eigenvalue weighted by molar-refractivity contribution is -0.119. The lowest BCUT2D eigenvalue weighted by atomic mass is 9.88. The Morgan fingerprint density at radius 1 is 1.25 bits per heavy atom. The van der Waals surface area contributed by atoms with Crippen LogP contribution in [0.25, 0.3) is 0 Å². The molecule has 3 aliphatic rings. The highest BCUT2D eigenvalue weighted by molar-refractivity contribution is 5.95. The van der Waals surface area contributed by atoms with Gasteiger partial charge >= 0.3 is 0 Å². The van der Waals surface area contributed by atoms with E-state index in [2.05, 4.69) is 18.2 Å². The van der Waals surface area contributed by atoms with Crippen LogP contribution in [0.4, 0.5) is 0 Å². The van der Waals surface area contributed by atoms with Gasteiger partial charge in [-0.1, -0.05) is 18.2 Å². The van der Waals surface area contributed by atoms with Crippen LogP contribution in [-0.2, 0) is 4.79 Å². The van der Waals surface area contributed by atoms with Crippen LogP contribution >= 0.6 is 0 Å². The number of ketones is 1. The summed E-state index contributed by atoms with van der Waals surface area (Å²) in [6, 6.07) is 0. The van der Waals surface area contributed by atoms with E-state index in [9.17, 15) is 4.79 Å². The van der Waals surface area contributed by atoms with Gasteiger partial charge in [-0.05, 0) is 36.7 Å². The number of hydrogen-bond acceptors (Lipinski definition) is 1. The Kier molecular flexibility index (Phi) is 1.16. The Morgan fingerprint density at radius 3 is 3.08 bits per heavy atom. The molecule has 0 spiro atoms. The third-order valence-corrected chi connectivity index (χ3v) is 3.64. The van der Waals surface area contributed by atoms with Crippen molar-refractivity contribution in [1.82, 2.24) is 0 Å². The minimum absolute atomic E-state index is 0.352. The standard InChI is InChI=1S/C11H12O/c12-10-5-4-8-6-7-2-1-3-9(7)11(8)10/h1-2,4-5,7-9,11H,3,6H2/t7-,8+,9-,11+/m0/s1. The SMILES string of the molecule is O=C1C=C[C@@H]2C[C@@H]3C=CC[C@@H]3[C@H]12. The summed E-state index contributed by atoms with van der Waals surface area (Å²) < 4.78 is 0. The van der Waals surface area contributed by atoms with Crippen molar-refractivity contribution in [2.75, 3.05) is 0 Å². The first-order chi connectivity index (χ1) is 5.86. The molecule has 62 valence electrons. The molecule has 0 radical (unpaired) electrons. The molecule has 0 unspecified atom stereocenters.